The normalized spacial score (nSPS) is 10.9. The van der Waals surface area contributed by atoms with Crippen molar-refractivity contribution in [2.75, 3.05) is 12.8 Å². The fraction of sp³-hybridized carbons (Fsp3) is 0.235. The highest BCUT2D eigenvalue weighted by Crippen LogP contribution is 2.23. The molecule has 0 bridgehead atoms. The van der Waals surface area contributed by atoms with E-state index in [1.165, 1.54) is 13.3 Å². The van der Waals surface area contributed by atoms with Crippen molar-refractivity contribution in [2.45, 2.75) is 20.0 Å². The summed E-state index contributed by atoms with van der Waals surface area (Å²) in [5, 5.41) is 2.59. The molecule has 0 saturated heterocycles. The lowest BCUT2D eigenvalue weighted by Crippen LogP contribution is -2.23. The van der Waals surface area contributed by atoms with Gasteiger partial charge >= 0.3 is 0 Å². The Kier molecular flexibility index (Phi) is 4.70. The molecule has 1 amide bonds. The number of rotatable bonds is 5. The summed E-state index contributed by atoms with van der Waals surface area (Å²) < 4.78 is 33.7. The van der Waals surface area contributed by atoms with E-state index in [2.05, 4.69) is 20.0 Å². The van der Waals surface area contributed by atoms with Crippen LogP contribution in [0.2, 0.25) is 0 Å². The van der Waals surface area contributed by atoms with E-state index in [1.54, 1.807) is 10.6 Å². The number of pyridine rings is 1. The molecule has 0 aliphatic rings. The van der Waals surface area contributed by atoms with Crippen molar-refractivity contribution in [1.82, 2.24) is 19.9 Å². The van der Waals surface area contributed by atoms with E-state index >= 15 is 0 Å². The number of hydrogen-bond donors (Lipinski definition) is 2. The van der Waals surface area contributed by atoms with Crippen molar-refractivity contribution in [1.29, 1.82) is 0 Å². The van der Waals surface area contributed by atoms with Crippen molar-refractivity contribution in [3.63, 3.8) is 0 Å². The Labute approximate surface area is 147 Å². The van der Waals surface area contributed by atoms with Crippen LogP contribution in [0.25, 0.3) is 11.2 Å². The van der Waals surface area contributed by atoms with E-state index in [1.807, 2.05) is 6.92 Å². The fourth-order valence-corrected chi connectivity index (χ4v) is 2.66. The molecule has 0 fully saturated rings. The van der Waals surface area contributed by atoms with Crippen molar-refractivity contribution in [3.8, 4) is 5.75 Å². The molecule has 0 unspecified atom stereocenters. The predicted octanol–water partition coefficient (Wildman–Crippen LogP) is 2.25. The van der Waals surface area contributed by atoms with E-state index in [0.29, 0.717) is 23.7 Å². The number of carbonyl (C=O) groups is 1. The van der Waals surface area contributed by atoms with Gasteiger partial charge in [0, 0.05) is 19.3 Å². The number of fused-ring (bicyclic) bond motifs is 1. The largest absolute Gasteiger partial charge is 0.491 e. The number of benzene rings is 1. The molecule has 0 atom stereocenters. The molecule has 1 aromatic carbocycles. The number of methoxy groups -OCH3 is 1. The number of aromatic nitrogens is 3. The van der Waals surface area contributed by atoms with E-state index in [4.69, 9.17) is 5.73 Å². The third kappa shape index (κ3) is 3.15. The number of nitrogens with one attached hydrogen (secondary N) is 1. The average Bonchev–Trinajstić information content (AvgIpc) is 2.93. The first-order chi connectivity index (χ1) is 12.4. The number of ether oxygens (including phenoxy) is 1. The Morgan fingerprint density at radius 1 is 1.31 bits per heavy atom. The molecule has 0 saturated carbocycles. The van der Waals surface area contributed by atoms with Crippen molar-refractivity contribution in [3.05, 3.63) is 47.2 Å². The van der Waals surface area contributed by atoms with Crippen molar-refractivity contribution < 1.29 is 18.3 Å². The first-order valence-corrected chi connectivity index (χ1v) is 7.86. The molecule has 3 aromatic rings. The highest BCUT2D eigenvalue weighted by Gasteiger charge is 2.14. The smallest absolute Gasteiger partial charge is 0.253 e. The minimum Gasteiger partial charge on any atom is -0.491 e. The van der Waals surface area contributed by atoms with Gasteiger partial charge in [0.25, 0.3) is 5.91 Å². The number of nitrogens with two attached hydrogens (primary N) is 1. The van der Waals surface area contributed by atoms with Gasteiger partial charge in [-0.15, -0.1) is 0 Å². The highest BCUT2D eigenvalue weighted by atomic mass is 19.1. The van der Waals surface area contributed by atoms with Crippen LogP contribution in [0.15, 0.2) is 24.4 Å². The molecule has 3 rings (SSSR count). The van der Waals surface area contributed by atoms with Crippen molar-refractivity contribution >= 4 is 23.0 Å². The molecular formula is C17H17F2N5O2. The number of nitrogens with zero attached hydrogens (tertiary/aromatic N) is 3. The zero-order chi connectivity index (χ0) is 18.8. The molecule has 0 aliphatic heterocycles. The number of hydrogen-bond acceptors (Lipinski definition) is 5. The minimum atomic E-state index is -0.833. The second-order valence-corrected chi connectivity index (χ2v) is 5.56. The van der Waals surface area contributed by atoms with Crippen LogP contribution in [0.3, 0.4) is 0 Å². The maximum Gasteiger partial charge on any atom is 0.253 e. The molecule has 136 valence electrons. The lowest BCUT2D eigenvalue weighted by atomic mass is 10.2. The molecule has 9 heteroatoms. The predicted molar refractivity (Wildman–Crippen MR) is 91.7 cm³/mol. The molecule has 2 heterocycles. The number of carbonyl (C=O) groups excluding carboxylic acids is 1. The van der Waals surface area contributed by atoms with Gasteiger partial charge in [-0.3, -0.25) is 9.36 Å². The Morgan fingerprint density at radius 2 is 2.00 bits per heavy atom. The van der Waals surface area contributed by atoms with Crippen LogP contribution in [0.1, 0.15) is 22.8 Å². The molecule has 0 radical (unpaired) electrons. The number of halogens is 2. The average molecular weight is 361 g/mol. The van der Waals surface area contributed by atoms with E-state index in [-0.39, 0.29) is 17.7 Å². The van der Waals surface area contributed by atoms with Gasteiger partial charge in [0.05, 0.1) is 12.7 Å². The Bertz CT molecular complexity index is 964. The molecule has 0 aliphatic carbocycles. The Morgan fingerprint density at radius 3 is 2.62 bits per heavy atom. The highest BCUT2D eigenvalue weighted by molar-refractivity contribution is 5.96. The van der Waals surface area contributed by atoms with Gasteiger partial charge in [0.2, 0.25) is 5.95 Å². The van der Waals surface area contributed by atoms with Crippen LogP contribution in [0, 0.1) is 11.6 Å². The summed E-state index contributed by atoms with van der Waals surface area (Å²) >= 11 is 0. The second-order valence-electron chi connectivity index (χ2n) is 5.56. The van der Waals surface area contributed by atoms with Gasteiger partial charge < -0.3 is 15.8 Å². The Hall–Kier alpha value is -3.23. The zero-order valence-corrected chi connectivity index (χ0v) is 14.2. The third-order valence-corrected chi connectivity index (χ3v) is 3.91. The third-order valence-electron chi connectivity index (χ3n) is 3.91. The van der Waals surface area contributed by atoms with Crippen molar-refractivity contribution in [2.24, 2.45) is 0 Å². The van der Waals surface area contributed by atoms with Gasteiger partial charge in [-0.05, 0) is 30.7 Å². The van der Waals surface area contributed by atoms with Crippen LogP contribution < -0.4 is 15.8 Å². The van der Waals surface area contributed by atoms with Crippen LogP contribution in [0.5, 0.6) is 5.75 Å². The van der Waals surface area contributed by atoms with Gasteiger partial charge in [0.15, 0.2) is 23.0 Å². The molecule has 3 N–H and O–H groups in total. The summed E-state index contributed by atoms with van der Waals surface area (Å²) in [5.41, 5.74) is 7.43. The van der Waals surface area contributed by atoms with E-state index in [0.717, 1.165) is 12.1 Å². The van der Waals surface area contributed by atoms with Crippen LogP contribution in [-0.4, -0.2) is 27.6 Å². The summed E-state index contributed by atoms with van der Waals surface area (Å²) in [6.07, 6.45) is 1.40. The molecular weight excluding hydrogens is 344 g/mol. The number of aryl methyl sites for hydroxylation is 1. The Balaban J connectivity index is 1.77. The van der Waals surface area contributed by atoms with Gasteiger partial charge in [-0.1, -0.05) is 0 Å². The quantitative estimate of drug-likeness (QED) is 0.727. The maximum atomic E-state index is 13.7. The minimum absolute atomic E-state index is 0.0553. The van der Waals surface area contributed by atoms with Crippen LogP contribution >= 0.6 is 0 Å². The van der Waals surface area contributed by atoms with E-state index < -0.39 is 23.3 Å². The van der Waals surface area contributed by atoms with Gasteiger partial charge in [-0.25, -0.2) is 18.7 Å². The first kappa shape index (κ1) is 17.6. The summed E-state index contributed by atoms with van der Waals surface area (Å²) in [5.74, 6) is -2.25. The lowest BCUT2D eigenvalue weighted by molar-refractivity contribution is 0.0950. The molecule has 26 heavy (non-hydrogen) atoms. The summed E-state index contributed by atoms with van der Waals surface area (Å²) in [6.45, 7) is 2.46. The molecule has 2 aromatic heterocycles. The van der Waals surface area contributed by atoms with Gasteiger partial charge in [-0.2, -0.15) is 0 Å². The SMILES string of the molecule is CCn1c(N)nc2cc(C(=O)NCc3cc(F)c(OC)c(F)c3)cnc21. The number of imidazole rings is 1. The number of anilines is 1. The first-order valence-electron chi connectivity index (χ1n) is 7.86. The monoisotopic (exact) mass is 361 g/mol. The molecule has 7 nitrogen and oxygen atoms in total. The molecule has 0 spiro atoms. The maximum absolute atomic E-state index is 13.7. The second kappa shape index (κ2) is 6.95. The zero-order valence-electron chi connectivity index (χ0n) is 14.2. The fourth-order valence-electron chi connectivity index (χ4n) is 2.66. The topological polar surface area (TPSA) is 95.1 Å². The summed E-state index contributed by atoms with van der Waals surface area (Å²) in [6, 6.07) is 3.77. The van der Waals surface area contributed by atoms with Crippen LogP contribution in [-0.2, 0) is 13.1 Å². The standard InChI is InChI=1S/C17H17F2N5O2/c1-3-24-15-13(23-17(24)20)6-10(8-21-15)16(25)22-7-9-4-11(18)14(26-2)12(19)5-9/h4-6,8H,3,7H2,1-2H3,(H2,20,23)(H,22,25). The lowest BCUT2D eigenvalue weighted by Gasteiger charge is -2.08. The number of nitrogen functional groups attached to an aromatic ring is 1. The van der Waals surface area contributed by atoms with Gasteiger partial charge in [0.1, 0.15) is 5.52 Å². The summed E-state index contributed by atoms with van der Waals surface area (Å²) in [4.78, 5) is 20.7. The summed E-state index contributed by atoms with van der Waals surface area (Å²) in [7, 11) is 1.18. The number of amides is 1. The van der Waals surface area contributed by atoms with Crippen LogP contribution in [0.4, 0.5) is 14.7 Å². The van der Waals surface area contributed by atoms with E-state index in [9.17, 15) is 13.6 Å².